The summed E-state index contributed by atoms with van der Waals surface area (Å²) in [7, 11) is -3.41. The van der Waals surface area contributed by atoms with Gasteiger partial charge in [-0.15, -0.1) is 0 Å². The van der Waals surface area contributed by atoms with Crippen LogP contribution in [-0.2, 0) is 10.0 Å². The van der Waals surface area contributed by atoms with Gasteiger partial charge in [-0.25, -0.2) is 13.1 Å². The van der Waals surface area contributed by atoms with Crippen LogP contribution >= 0.6 is 0 Å². The fraction of sp³-hybridized carbons (Fsp3) is 0.769. The fourth-order valence-electron chi connectivity index (χ4n) is 2.76. The van der Waals surface area contributed by atoms with Crippen LogP contribution in [-0.4, -0.2) is 25.2 Å². The second-order valence-electron chi connectivity index (χ2n) is 5.51. The first kappa shape index (κ1) is 14.5. The molecule has 2 rings (SSSR count). The minimum atomic E-state index is -3.41. The molecule has 5 nitrogen and oxygen atoms in total. The summed E-state index contributed by atoms with van der Waals surface area (Å²) in [4.78, 5) is 0.259. The lowest BCUT2D eigenvalue weighted by molar-refractivity contribution is 0.270. The normalized spacial score (nSPS) is 24.5. The summed E-state index contributed by atoms with van der Waals surface area (Å²) in [5, 5.41) is 6.42. The van der Waals surface area contributed by atoms with Crippen molar-refractivity contribution in [3.63, 3.8) is 0 Å². The quantitative estimate of drug-likeness (QED) is 0.871. The van der Waals surface area contributed by atoms with Crippen LogP contribution in [0.15, 0.2) is 11.1 Å². The number of aromatic amines is 1. The third-order valence-electron chi connectivity index (χ3n) is 4.18. The zero-order valence-corrected chi connectivity index (χ0v) is 12.5. The SMILES string of the molecule is CCC1CCC(CNS(=O)(=O)c2cn[nH]c2C)CC1. The second-order valence-corrected chi connectivity index (χ2v) is 7.24. The van der Waals surface area contributed by atoms with Gasteiger partial charge < -0.3 is 0 Å². The molecule has 19 heavy (non-hydrogen) atoms. The van der Waals surface area contributed by atoms with Crippen LogP contribution in [0.2, 0.25) is 0 Å². The first-order chi connectivity index (χ1) is 9.03. The van der Waals surface area contributed by atoms with E-state index in [1.807, 2.05) is 0 Å². The van der Waals surface area contributed by atoms with E-state index >= 15 is 0 Å². The molecule has 0 unspecified atom stereocenters. The molecular weight excluding hydrogens is 262 g/mol. The molecule has 1 aliphatic carbocycles. The van der Waals surface area contributed by atoms with E-state index in [2.05, 4.69) is 21.8 Å². The van der Waals surface area contributed by atoms with Gasteiger partial charge >= 0.3 is 0 Å². The monoisotopic (exact) mass is 285 g/mol. The maximum atomic E-state index is 12.1. The number of sulfonamides is 1. The van der Waals surface area contributed by atoms with Crippen molar-refractivity contribution < 1.29 is 8.42 Å². The molecule has 0 bridgehead atoms. The number of rotatable bonds is 5. The molecule has 0 amide bonds. The second kappa shape index (κ2) is 6.05. The maximum absolute atomic E-state index is 12.1. The van der Waals surface area contributed by atoms with E-state index in [9.17, 15) is 8.42 Å². The highest BCUT2D eigenvalue weighted by atomic mass is 32.2. The van der Waals surface area contributed by atoms with Crippen molar-refractivity contribution in [1.82, 2.24) is 14.9 Å². The Kier molecular flexibility index (Phi) is 4.62. The van der Waals surface area contributed by atoms with Crippen molar-refractivity contribution in [2.45, 2.75) is 50.8 Å². The van der Waals surface area contributed by atoms with Crippen LogP contribution in [0.5, 0.6) is 0 Å². The van der Waals surface area contributed by atoms with Crippen LogP contribution < -0.4 is 4.72 Å². The predicted molar refractivity (Wildman–Crippen MR) is 74.3 cm³/mol. The molecule has 2 N–H and O–H groups in total. The van der Waals surface area contributed by atoms with Gasteiger partial charge in [0.05, 0.1) is 11.9 Å². The third-order valence-corrected chi connectivity index (χ3v) is 5.72. The number of aromatic nitrogens is 2. The standard InChI is InChI=1S/C13H23N3O2S/c1-3-11-4-6-12(7-5-11)8-15-19(17,18)13-9-14-16-10(13)2/h9,11-12,15H,3-8H2,1-2H3,(H,14,16). The Morgan fingerprint density at radius 1 is 1.32 bits per heavy atom. The predicted octanol–water partition coefficient (Wildman–Crippen LogP) is 2.21. The number of nitrogens with one attached hydrogen (secondary N) is 2. The lowest BCUT2D eigenvalue weighted by Gasteiger charge is -2.27. The highest BCUT2D eigenvalue weighted by Crippen LogP contribution is 2.30. The molecule has 6 heteroatoms. The van der Waals surface area contributed by atoms with Gasteiger partial charge in [-0.2, -0.15) is 5.10 Å². The van der Waals surface area contributed by atoms with E-state index in [0.29, 0.717) is 18.2 Å². The molecule has 0 spiro atoms. The Morgan fingerprint density at radius 3 is 2.47 bits per heavy atom. The Labute approximate surface area is 115 Å². The summed E-state index contributed by atoms with van der Waals surface area (Å²) in [6.45, 7) is 4.49. The van der Waals surface area contributed by atoms with E-state index in [1.54, 1.807) is 6.92 Å². The topological polar surface area (TPSA) is 74.8 Å². The van der Waals surface area contributed by atoms with Crippen LogP contribution in [0, 0.1) is 18.8 Å². The fourth-order valence-corrected chi connectivity index (χ4v) is 4.01. The number of aryl methyl sites for hydroxylation is 1. The smallest absolute Gasteiger partial charge is 0.243 e. The number of hydrogen-bond donors (Lipinski definition) is 2. The Bertz CT molecular complexity index is 502. The summed E-state index contributed by atoms with van der Waals surface area (Å²) in [6.07, 6.45) is 7.33. The first-order valence-electron chi connectivity index (χ1n) is 7.02. The Hall–Kier alpha value is -0.880. The third kappa shape index (κ3) is 3.57. The molecule has 0 saturated heterocycles. The van der Waals surface area contributed by atoms with Gasteiger partial charge in [0.2, 0.25) is 10.0 Å². The lowest BCUT2D eigenvalue weighted by atomic mass is 9.81. The molecule has 1 heterocycles. The van der Waals surface area contributed by atoms with E-state index in [4.69, 9.17) is 0 Å². The van der Waals surface area contributed by atoms with Crippen LogP contribution in [0.25, 0.3) is 0 Å². The van der Waals surface area contributed by atoms with E-state index < -0.39 is 10.0 Å². The van der Waals surface area contributed by atoms with E-state index in [-0.39, 0.29) is 4.90 Å². The molecule has 1 fully saturated rings. The molecular formula is C13H23N3O2S. The molecule has 0 atom stereocenters. The Morgan fingerprint density at radius 2 is 1.95 bits per heavy atom. The van der Waals surface area contributed by atoms with Crippen molar-refractivity contribution >= 4 is 10.0 Å². The summed E-state index contributed by atoms with van der Waals surface area (Å²) in [5.41, 5.74) is 0.585. The summed E-state index contributed by atoms with van der Waals surface area (Å²) < 4.78 is 26.9. The summed E-state index contributed by atoms with van der Waals surface area (Å²) in [6, 6.07) is 0. The summed E-state index contributed by atoms with van der Waals surface area (Å²) >= 11 is 0. The summed E-state index contributed by atoms with van der Waals surface area (Å²) in [5.74, 6) is 1.31. The van der Waals surface area contributed by atoms with Crippen molar-refractivity contribution in [1.29, 1.82) is 0 Å². The van der Waals surface area contributed by atoms with E-state index in [0.717, 1.165) is 18.8 Å². The van der Waals surface area contributed by atoms with Gasteiger partial charge in [0.15, 0.2) is 0 Å². The van der Waals surface area contributed by atoms with Crippen LogP contribution in [0.1, 0.15) is 44.7 Å². The average molecular weight is 285 g/mol. The molecule has 1 saturated carbocycles. The molecule has 108 valence electrons. The van der Waals surface area contributed by atoms with Gasteiger partial charge in [0.25, 0.3) is 0 Å². The zero-order valence-electron chi connectivity index (χ0n) is 11.6. The van der Waals surface area contributed by atoms with Crippen LogP contribution in [0.3, 0.4) is 0 Å². The molecule has 0 aromatic carbocycles. The minimum absolute atomic E-state index is 0.259. The van der Waals surface area contributed by atoms with Crippen molar-refractivity contribution in [2.24, 2.45) is 11.8 Å². The average Bonchev–Trinajstić information content (AvgIpc) is 2.84. The van der Waals surface area contributed by atoms with Crippen LogP contribution in [0.4, 0.5) is 0 Å². The lowest BCUT2D eigenvalue weighted by Crippen LogP contribution is -2.31. The highest BCUT2D eigenvalue weighted by molar-refractivity contribution is 7.89. The van der Waals surface area contributed by atoms with Gasteiger partial charge in [0.1, 0.15) is 4.90 Å². The molecule has 0 aliphatic heterocycles. The Balaban J connectivity index is 1.88. The number of H-pyrrole nitrogens is 1. The molecule has 1 aliphatic rings. The largest absolute Gasteiger partial charge is 0.281 e. The van der Waals surface area contributed by atoms with E-state index in [1.165, 1.54) is 25.5 Å². The number of hydrogen-bond acceptors (Lipinski definition) is 3. The molecule has 0 radical (unpaired) electrons. The first-order valence-corrected chi connectivity index (χ1v) is 8.51. The van der Waals surface area contributed by atoms with Crippen molar-refractivity contribution in [3.8, 4) is 0 Å². The molecule has 1 aromatic heterocycles. The van der Waals surface area contributed by atoms with Gasteiger partial charge in [-0.3, -0.25) is 5.10 Å². The van der Waals surface area contributed by atoms with Crippen molar-refractivity contribution in [3.05, 3.63) is 11.9 Å². The zero-order chi connectivity index (χ0) is 13.9. The maximum Gasteiger partial charge on any atom is 0.243 e. The van der Waals surface area contributed by atoms with Gasteiger partial charge in [-0.05, 0) is 31.6 Å². The molecule has 1 aromatic rings. The number of nitrogens with zero attached hydrogens (tertiary/aromatic N) is 1. The van der Waals surface area contributed by atoms with Gasteiger partial charge in [-0.1, -0.05) is 26.2 Å². The van der Waals surface area contributed by atoms with Crippen molar-refractivity contribution in [2.75, 3.05) is 6.54 Å². The highest BCUT2D eigenvalue weighted by Gasteiger charge is 2.23. The minimum Gasteiger partial charge on any atom is -0.281 e. The van der Waals surface area contributed by atoms with Gasteiger partial charge in [0, 0.05) is 6.54 Å².